The number of ether oxygens (including phenoxy) is 1. The van der Waals surface area contributed by atoms with Crippen LogP contribution in [0.25, 0.3) is 11.3 Å². The third kappa shape index (κ3) is 1.95. The molecule has 2 atom stereocenters. The van der Waals surface area contributed by atoms with E-state index in [1.807, 2.05) is 13.0 Å². The second-order valence-corrected chi connectivity index (χ2v) is 8.94. The molecule has 1 aromatic heterocycles. The zero-order chi connectivity index (χ0) is 19.0. The molecule has 0 amide bonds. The number of aryl methyl sites for hydroxylation is 1. The van der Waals surface area contributed by atoms with Crippen molar-refractivity contribution < 1.29 is 24.1 Å². The maximum Gasteiger partial charge on any atom is 0.261 e. The predicted molar refractivity (Wildman–Crippen MR) is 94.1 cm³/mol. The van der Waals surface area contributed by atoms with E-state index in [1.54, 1.807) is 18.2 Å². The lowest BCUT2D eigenvalue weighted by Crippen LogP contribution is -2.72. The standard InChI is InChI=1S/C20H25NO5/c1-12-9-15(21-24-12)14-8-7-13(10-16(14)22)19-20(26-25-19,17(2,3)4)18(5,6)11-23-19/h7-10,22H,11H2,1-6H3. The summed E-state index contributed by atoms with van der Waals surface area (Å²) < 4.78 is 11.3. The van der Waals surface area contributed by atoms with Crippen molar-refractivity contribution in [2.75, 3.05) is 6.61 Å². The van der Waals surface area contributed by atoms with Crippen LogP contribution in [0, 0.1) is 17.8 Å². The first kappa shape index (κ1) is 17.5. The lowest BCUT2D eigenvalue weighted by Gasteiger charge is -2.61. The highest BCUT2D eigenvalue weighted by atomic mass is 17.3. The van der Waals surface area contributed by atoms with Crippen molar-refractivity contribution in [3.05, 3.63) is 35.6 Å². The van der Waals surface area contributed by atoms with E-state index in [9.17, 15) is 5.11 Å². The van der Waals surface area contributed by atoms with Gasteiger partial charge in [0.05, 0.1) is 6.61 Å². The Balaban J connectivity index is 1.82. The lowest BCUT2D eigenvalue weighted by molar-refractivity contribution is -0.626. The van der Waals surface area contributed by atoms with Gasteiger partial charge in [0.2, 0.25) is 0 Å². The van der Waals surface area contributed by atoms with Crippen molar-refractivity contribution in [3.8, 4) is 17.0 Å². The Hall–Kier alpha value is -1.89. The number of nitrogens with zero attached hydrogens (tertiary/aromatic N) is 1. The summed E-state index contributed by atoms with van der Waals surface area (Å²) in [4.78, 5) is 11.4. The van der Waals surface area contributed by atoms with Gasteiger partial charge in [-0.05, 0) is 19.1 Å². The molecule has 2 unspecified atom stereocenters. The smallest absolute Gasteiger partial charge is 0.261 e. The molecule has 0 radical (unpaired) electrons. The monoisotopic (exact) mass is 359 g/mol. The number of aromatic nitrogens is 1. The Kier molecular flexibility index (Phi) is 3.43. The molecule has 0 spiro atoms. The summed E-state index contributed by atoms with van der Waals surface area (Å²) in [5, 5.41) is 14.6. The van der Waals surface area contributed by atoms with Crippen LogP contribution < -0.4 is 0 Å². The molecule has 0 bridgehead atoms. The van der Waals surface area contributed by atoms with E-state index >= 15 is 0 Å². The van der Waals surface area contributed by atoms with E-state index < -0.39 is 11.4 Å². The van der Waals surface area contributed by atoms with Gasteiger partial charge < -0.3 is 14.4 Å². The molecule has 2 aliphatic heterocycles. The van der Waals surface area contributed by atoms with Crippen LogP contribution in [0.15, 0.2) is 28.8 Å². The summed E-state index contributed by atoms with van der Waals surface area (Å²) in [7, 11) is 0. The normalized spacial score (nSPS) is 30.1. The fraction of sp³-hybridized carbons (Fsp3) is 0.550. The minimum absolute atomic E-state index is 0.0943. The number of hydrogen-bond donors (Lipinski definition) is 1. The zero-order valence-corrected chi connectivity index (χ0v) is 16.0. The summed E-state index contributed by atoms with van der Waals surface area (Å²) in [5.41, 5.74) is 0.728. The molecule has 26 heavy (non-hydrogen) atoms. The first-order valence-electron chi connectivity index (χ1n) is 8.82. The third-order valence-corrected chi connectivity index (χ3v) is 5.67. The topological polar surface area (TPSA) is 74.0 Å². The van der Waals surface area contributed by atoms with Crippen molar-refractivity contribution in [3.63, 3.8) is 0 Å². The van der Waals surface area contributed by atoms with Gasteiger partial charge in [0.15, 0.2) is 5.60 Å². The van der Waals surface area contributed by atoms with E-state index in [0.29, 0.717) is 23.6 Å². The highest BCUT2D eigenvalue weighted by molar-refractivity contribution is 5.67. The Morgan fingerprint density at radius 3 is 2.35 bits per heavy atom. The van der Waals surface area contributed by atoms with Crippen molar-refractivity contribution >= 4 is 0 Å². The molecule has 6 nitrogen and oxygen atoms in total. The molecule has 6 heteroatoms. The second kappa shape index (κ2) is 5.09. The van der Waals surface area contributed by atoms with Crippen molar-refractivity contribution in [1.29, 1.82) is 0 Å². The predicted octanol–water partition coefficient (Wildman–Crippen LogP) is 4.31. The second-order valence-electron chi connectivity index (χ2n) is 8.94. The Morgan fingerprint density at radius 1 is 1.12 bits per heavy atom. The van der Waals surface area contributed by atoms with Gasteiger partial charge in [0.1, 0.15) is 17.2 Å². The lowest BCUT2D eigenvalue weighted by atomic mass is 9.57. The van der Waals surface area contributed by atoms with Gasteiger partial charge in [-0.1, -0.05) is 45.8 Å². The number of fused-ring (bicyclic) bond motifs is 1. The van der Waals surface area contributed by atoms with E-state index in [0.717, 1.165) is 5.56 Å². The summed E-state index contributed by atoms with van der Waals surface area (Å²) in [6.45, 7) is 12.9. The van der Waals surface area contributed by atoms with Crippen LogP contribution in [-0.4, -0.2) is 22.5 Å². The van der Waals surface area contributed by atoms with E-state index in [2.05, 4.69) is 39.8 Å². The Morgan fingerprint density at radius 2 is 1.85 bits per heavy atom. The molecule has 3 heterocycles. The van der Waals surface area contributed by atoms with Crippen molar-refractivity contribution in [1.82, 2.24) is 5.16 Å². The highest BCUT2D eigenvalue weighted by Crippen LogP contribution is 2.69. The van der Waals surface area contributed by atoms with Crippen LogP contribution in [0.5, 0.6) is 5.75 Å². The van der Waals surface area contributed by atoms with E-state index in [4.69, 9.17) is 19.0 Å². The number of benzene rings is 1. The van der Waals surface area contributed by atoms with Gasteiger partial charge in [-0.3, -0.25) is 0 Å². The van der Waals surface area contributed by atoms with E-state index in [-0.39, 0.29) is 16.6 Å². The summed E-state index contributed by atoms with van der Waals surface area (Å²) in [6, 6.07) is 7.15. The van der Waals surface area contributed by atoms with Gasteiger partial charge in [-0.2, -0.15) is 4.89 Å². The number of phenolic OH excluding ortho intramolecular Hbond substituents is 1. The SMILES string of the molecule is Cc1cc(-c2ccc(C34OCC(C)(C)C3(C(C)(C)C)OO4)cc2O)no1. The quantitative estimate of drug-likeness (QED) is 0.806. The number of aromatic hydroxyl groups is 1. The highest BCUT2D eigenvalue weighted by Gasteiger charge is 2.81. The molecule has 0 saturated carbocycles. The van der Waals surface area contributed by atoms with Crippen molar-refractivity contribution in [2.24, 2.45) is 10.8 Å². The minimum atomic E-state index is -1.05. The average Bonchev–Trinajstić information content (AvgIpc) is 2.97. The number of hydrogen-bond acceptors (Lipinski definition) is 6. The Labute approximate surface area is 153 Å². The van der Waals surface area contributed by atoms with E-state index in [1.165, 1.54) is 0 Å². The first-order valence-corrected chi connectivity index (χ1v) is 8.82. The molecular formula is C20H25NO5. The largest absolute Gasteiger partial charge is 0.507 e. The molecule has 0 aliphatic carbocycles. The first-order chi connectivity index (χ1) is 12.0. The molecule has 2 aliphatic rings. The fourth-order valence-corrected chi connectivity index (χ4v) is 4.68. The van der Waals surface area contributed by atoms with Gasteiger partial charge in [-0.15, -0.1) is 0 Å². The summed E-state index contributed by atoms with van der Waals surface area (Å²) >= 11 is 0. The molecular weight excluding hydrogens is 334 g/mol. The molecule has 1 aromatic carbocycles. The maximum absolute atomic E-state index is 10.6. The summed E-state index contributed by atoms with van der Waals surface area (Å²) in [5.74, 6) is -0.271. The van der Waals surface area contributed by atoms with Gasteiger partial charge >= 0.3 is 0 Å². The molecule has 2 aromatic rings. The van der Waals surface area contributed by atoms with Crippen LogP contribution in [0.2, 0.25) is 0 Å². The zero-order valence-electron chi connectivity index (χ0n) is 16.0. The number of rotatable bonds is 2. The fourth-order valence-electron chi connectivity index (χ4n) is 4.68. The molecule has 4 rings (SSSR count). The minimum Gasteiger partial charge on any atom is -0.507 e. The molecule has 2 saturated heterocycles. The van der Waals surface area contributed by atoms with Crippen LogP contribution >= 0.6 is 0 Å². The summed E-state index contributed by atoms with van der Waals surface area (Å²) in [6.07, 6.45) is 0. The van der Waals surface area contributed by atoms with Gasteiger partial charge in [0.25, 0.3) is 5.79 Å². The number of phenols is 1. The van der Waals surface area contributed by atoms with Crippen LogP contribution in [0.1, 0.15) is 45.9 Å². The van der Waals surface area contributed by atoms with Crippen molar-refractivity contribution in [2.45, 2.75) is 52.9 Å². The third-order valence-electron chi connectivity index (χ3n) is 5.67. The molecule has 140 valence electrons. The molecule has 2 fully saturated rings. The molecule has 1 N–H and O–H groups in total. The van der Waals surface area contributed by atoms with Gasteiger partial charge in [-0.25, -0.2) is 4.89 Å². The average molecular weight is 359 g/mol. The maximum atomic E-state index is 10.6. The van der Waals surface area contributed by atoms with Crippen LogP contribution in [0.3, 0.4) is 0 Å². The van der Waals surface area contributed by atoms with Gasteiger partial charge in [0, 0.05) is 28.0 Å². The van der Waals surface area contributed by atoms with Crippen LogP contribution in [-0.2, 0) is 20.3 Å². The Bertz CT molecular complexity index is 865. The van der Waals surface area contributed by atoms with Crippen LogP contribution in [0.4, 0.5) is 0 Å².